The zero-order valence-corrected chi connectivity index (χ0v) is 10.6. The highest BCUT2D eigenvalue weighted by Crippen LogP contribution is 2.26. The fourth-order valence-electron chi connectivity index (χ4n) is 1.69. The van der Waals surface area contributed by atoms with Crippen molar-refractivity contribution in [3.63, 3.8) is 0 Å². The highest BCUT2D eigenvalue weighted by Gasteiger charge is 2.12. The van der Waals surface area contributed by atoms with Crippen LogP contribution in [0.5, 0.6) is 0 Å². The first kappa shape index (κ1) is 10.3. The van der Waals surface area contributed by atoms with Gasteiger partial charge in [0.2, 0.25) is 0 Å². The normalized spacial score (nSPS) is 11.2. The molecule has 0 aliphatic carbocycles. The summed E-state index contributed by atoms with van der Waals surface area (Å²) >= 11 is 3.32. The summed E-state index contributed by atoms with van der Waals surface area (Å²) in [5, 5.41) is 8.36. The number of anilines is 1. The number of nitrogen functional groups attached to an aromatic ring is 1. The standard InChI is InChI=1S/C10H9BrN6/c1-16-5-6(2-14-16)7-3-15-17-9(12)8(11)4-13-10(7)17/h2-5H,12H2,1H3. The van der Waals surface area contributed by atoms with Crippen molar-refractivity contribution in [3.05, 3.63) is 29.3 Å². The zero-order valence-electron chi connectivity index (χ0n) is 9.00. The van der Waals surface area contributed by atoms with Crippen LogP contribution in [-0.2, 0) is 7.05 Å². The predicted molar refractivity (Wildman–Crippen MR) is 67.3 cm³/mol. The predicted octanol–water partition coefficient (Wildman–Crippen LogP) is 1.47. The number of rotatable bonds is 1. The van der Waals surface area contributed by atoms with E-state index in [2.05, 4.69) is 31.1 Å². The Kier molecular flexibility index (Phi) is 2.15. The molecule has 6 nitrogen and oxygen atoms in total. The lowest BCUT2D eigenvalue weighted by molar-refractivity contribution is 0.768. The van der Waals surface area contributed by atoms with Crippen molar-refractivity contribution in [2.24, 2.45) is 7.05 Å². The Morgan fingerprint density at radius 3 is 2.76 bits per heavy atom. The summed E-state index contributed by atoms with van der Waals surface area (Å²) in [4.78, 5) is 4.32. The molecule has 17 heavy (non-hydrogen) atoms. The largest absolute Gasteiger partial charge is 0.383 e. The van der Waals surface area contributed by atoms with E-state index in [4.69, 9.17) is 5.73 Å². The molecule has 3 aromatic rings. The molecule has 3 aromatic heterocycles. The Balaban J connectivity index is 2.29. The van der Waals surface area contributed by atoms with Crippen LogP contribution in [0.1, 0.15) is 0 Å². The van der Waals surface area contributed by atoms with Gasteiger partial charge >= 0.3 is 0 Å². The lowest BCUT2D eigenvalue weighted by Crippen LogP contribution is -2.00. The average molecular weight is 293 g/mol. The van der Waals surface area contributed by atoms with Gasteiger partial charge in [-0.05, 0) is 15.9 Å². The van der Waals surface area contributed by atoms with Gasteiger partial charge < -0.3 is 5.73 Å². The quantitative estimate of drug-likeness (QED) is 0.737. The summed E-state index contributed by atoms with van der Waals surface area (Å²) in [6, 6.07) is 0. The van der Waals surface area contributed by atoms with Crippen molar-refractivity contribution >= 4 is 27.4 Å². The van der Waals surface area contributed by atoms with Gasteiger partial charge in [-0.3, -0.25) is 4.68 Å². The topological polar surface area (TPSA) is 74.0 Å². The Morgan fingerprint density at radius 1 is 1.24 bits per heavy atom. The first-order valence-corrected chi connectivity index (χ1v) is 5.73. The fourth-order valence-corrected chi connectivity index (χ4v) is 1.96. The van der Waals surface area contributed by atoms with Crippen LogP contribution in [0.15, 0.2) is 29.3 Å². The Hall–Kier alpha value is -1.89. The maximum atomic E-state index is 5.91. The van der Waals surface area contributed by atoms with Gasteiger partial charge in [0.25, 0.3) is 0 Å². The van der Waals surface area contributed by atoms with Crippen molar-refractivity contribution < 1.29 is 0 Å². The number of hydrogen-bond donors (Lipinski definition) is 1. The number of fused-ring (bicyclic) bond motifs is 1. The first-order valence-electron chi connectivity index (χ1n) is 4.93. The van der Waals surface area contributed by atoms with Crippen molar-refractivity contribution in [1.82, 2.24) is 24.4 Å². The van der Waals surface area contributed by atoms with E-state index in [9.17, 15) is 0 Å². The summed E-state index contributed by atoms with van der Waals surface area (Å²) in [5.74, 6) is 0.533. The SMILES string of the molecule is Cn1cc(-c2cnn3c(N)c(Br)cnc23)cn1. The van der Waals surface area contributed by atoms with E-state index in [0.717, 1.165) is 21.2 Å². The number of nitrogens with two attached hydrogens (primary N) is 1. The third-order valence-corrected chi connectivity index (χ3v) is 3.14. The van der Waals surface area contributed by atoms with Gasteiger partial charge in [0.15, 0.2) is 5.65 Å². The van der Waals surface area contributed by atoms with Crippen LogP contribution in [0.2, 0.25) is 0 Å². The molecule has 0 aliphatic rings. The summed E-state index contributed by atoms with van der Waals surface area (Å²) in [6.45, 7) is 0. The zero-order chi connectivity index (χ0) is 12.0. The van der Waals surface area contributed by atoms with E-state index in [-0.39, 0.29) is 0 Å². The molecular formula is C10H9BrN6. The molecule has 0 atom stereocenters. The molecule has 0 fully saturated rings. The van der Waals surface area contributed by atoms with Crippen molar-refractivity contribution in [2.75, 3.05) is 5.73 Å². The lowest BCUT2D eigenvalue weighted by Gasteiger charge is -2.00. The van der Waals surface area contributed by atoms with Crippen LogP contribution < -0.4 is 5.73 Å². The maximum Gasteiger partial charge on any atom is 0.165 e. The van der Waals surface area contributed by atoms with Crippen LogP contribution in [0.4, 0.5) is 5.82 Å². The third kappa shape index (κ3) is 1.50. The number of halogens is 1. The molecule has 0 radical (unpaired) electrons. The molecule has 0 spiro atoms. The lowest BCUT2D eigenvalue weighted by atomic mass is 10.2. The molecule has 7 heteroatoms. The molecule has 0 aliphatic heterocycles. The van der Waals surface area contributed by atoms with Crippen LogP contribution in [-0.4, -0.2) is 24.4 Å². The van der Waals surface area contributed by atoms with Gasteiger partial charge in [-0.25, -0.2) is 4.98 Å². The van der Waals surface area contributed by atoms with Crippen LogP contribution in [0.25, 0.3) is 16.8 Å². The second-order valence-electron chi connectivity index (χ2n) is 3.69. The fraction of sp³-hybridized carbons (Fsp3) is 0.100. The second-order valence-corrected chi connectivity index (χ2v) is 4.54. The van der Waals surface area contributed by atoms with Gasteiger partial charge in [0.1, 0.15) is 5.82 Å². The molecule has 0 amide bonds. The van der Waals surface area contributed by atoms with E-state index in [1.807, 2.05) is 13.2 Å². The van der Waals surface area contributed by atoms with E-state index in [1.54, 1.807) is 27.8 Å². The minimum atomic E-state index is 0.533. The number of aryl methyl sites for hydroxylation is 1. The molecule has 3 heterocycles. The Morgan fingerprint density at radius 2 is 2.06 bits per heavy atom. The molecule has 0 bridgehead atoms. The molecule has 0 saturated heterocycles. The molecule has 0 aromatic carbocycles. The summed E-state index contributed by atoms with van der Waals surface area (Å²) < 4.78 is 4.07. The van der Waals surface area contributed by atoms with Gasteiger partial charge in [-0.1, -0.05) is 0 Å². The monoisotopic (exact) mass is 292 g/mol. The molecule has 3 rings (SSSR count). The van der Waals surface area contributed by atoms with Crippen LogP contribution >= 0.6 is 15.9 Å². The maximum absolute atomic E-state index is 5.91. The minimum Gasteiger partial charge on any atom is -0.383 e. The molecule has 0 saturated carbocycles. The number of nitrogens with zero attached hydrogens (tertiary/aromatic N) is 5. The van der Waals surface area contributed by atoms with E-state index >= 15 is 0 Å². The molecular weight excluding hydrogens is 284 g/mol. The van der Waals surface area contributed by atoms with Crippen LogP contribution in [0.3, 0.4) is 0 Å². The van der Waals surface area contributed by atoms with Gasteiger partial charge in [-0.2, -0.15) is 14.7 Å². The molecule has 86 valence electrons. The Bertz CT molecular complexity index is 698. The molecule has 0 unspecified atom stereocenters. The van der Waals surface area contributed by atoms with E-state index in [0.29, 0.717) is 5.82 Å². The van der Waals surface area contributed by atoms with Crippen molar-refractivity contribution in [1.29, 1.82) is 0 Å². The third-order valence-electron chi connectivity index (χ3n) is 2.53. The summed E-state index contributed by atoms with van der Waals surface area (Å²) in [5.41, 5.74) is 8.51. The van der Waals surface area contributed by atoms with Gasteiger partial charge in [-0.15, -0.1) is 0 Å². The number of hydrogen-bond acceptors (Lipinski definition) is 4. The van der Waals surface area contributed by atoms with E-state index < -0.39 is 0 Å². The van der Waals surface area contributed by atoms with Crippen molar-refractivity contribution in [2.45, 2.75) is 0 Å². The molecule has 2 N–H and O–H groups in total. The van der Waals surface area contributed by atoms with Crippen molar-refractivity contribution in [3.8, 4) is 11.1 Å². The van der Waals surface area contributed by atoms with Gasteiger partial charge in [0, 0.05) is 30.6 Å². The average Bonchev–Trinajstić information content (AvgIpc) is 2.89. The number of aromatic nitrogens is 5. The highest BCUT2D eigenvalue weighted by atomic mass is 79.9. The van der Waals surface area contributed by atoms with E-state index in [1.165, 1.54) is 0 Å². The van der Waals surface area contributed by atoms with Gasteiger partial charge in [0.05, 0.1) is 16.9 Å². The Labute approximate surface area is 105 Å². The first-order chi connectivity index (χ1) is 8.16. The summed E-state index contributed by atoms with van der Waals surface area (Å²) in [7, 11) is 1.87. The second kappa shape index (κ2) is 3.56. The smallest absolute Gasteiger partial charge is 0.165 e. The minimum absolute atomic E-state index is 0.533. The summed E-state index contributed by atoms with van der Waals surface area (Å²) in [6.07, 6.45) is 7.10. The van der Waals surface area contributed by atoms with Crippen LogP contribution in [0, 0.1) is 0 Å². The highest BCUT2D eigenvalue weighted by molar-refractivity contribution is 9.10.